The Bertz CT molecular complexity index is 727. The first kappa shape index (κ1) is 12.7. The van der Waals surface area contributed by atoms with Gasteiger partial charge in [0.15, 0.2) is 5.78 Å². The molecule has 0 N–H and O–H groups in total. The third-order valence-corrected chi connectivity index (χ3v) is 3.77. The van der Waals surface area contributed by atoms with E-state index in [9.17, 15) is 4.79 Å². The first-order valence-electron chi connectivity index (χ1n) is 6.96. The minimum absolute atomic E-state index is 0.134. The number of fused-ring (bicyclic) bond motifs is 1. The summed E-state index contributed by atoms with van der Waals surface area (Å²) in [6.45, 7) is 4.97. The Hall–Kier alpha value is -2.27. The molecule has 20 heavy (non-hydrogen) atoms. The van der Waals surface area contributed by atoms with Crippen LogP contribution in [0.25, 0.3) is 0 Å². The Morgan fingerprint density at radius 2 is 2.00 bits per heavy atom. The van der Waals surface area contributed by atoms with Crippen molar-refractivity contribution in [2.24, 2.45) is 5.92 Å². The molecule has 0 fully saturated rings. The highest BCUT2D eigenvalue weighted by molar-refractivity contribution is 5.97. The lowest BCUT2D eigenvalue weighted by atomic mass is 9.97. The highest BCUT2D eigenvalue weighted by Crippen LogP contribution is 2.22. The molecule has 1 unspecified atom stereocenters. The van der Waals surface area contributed by atoms with Gasteiger partial charge in [-0.15, -0.1) is 0 Å². The summed E-state index contributed by atoms with van der Waals surface area (Å²) in [6, 6.07) is 10.1. The summed E-state index contributed by atoms with van der Waals surface area (Å²) in [4.78, 5) is 12.1. The van der Waals surface area contributed by atoms with Crippen LogP contribution in [-0.4, -0.2) is 10.4 Å². The number of benzene rings is 1. The van der Waals surface area contributed by atoms with Crippen LogP contribution in [0.15, 0.2) is 36.5 Å². The number of rotatable bonds is 0. The van der Waals surface area contributed by atoms with E-state index < -0.39 is 0 Å². The minimum Gasteiger partial charge on any atom is -0.344 e. The van der Waals surface area contributed by atoms with Crippen LogP contribution in [0, 0.1) is 24.7 Å². The smallest absolute Gasteiger partial charge is 0.182 e. The number of Topliss-reactive ketones (excluding diaryl/α,β-unsaturated/α-hetero) is 1. The summed E-state index contributed by atoms with van der Waals surface area (Å²) in [5, 5.41) is 0. The fourth-order valence-corrected chi connectivity index (χ4v) is 2.55. The van der Waals surface area contributed by atoms with E-state index >= 15 is 0 Å². The average molecular weight is 263 g/mol. The number of hydrogen-bond donors (Lipinski definition) is 0. The van der Waals surface area contributed by atoms with Crippen LogP contribution in [0.2, 0.25) is 0 Å². The van der Waals surface area contributed by atoms with Crippen molar-refractivity contribution >= 4 is 5.78 Å². The fraction of sp³-hybridized carbons (Fsp3) is 0.278. The molecule has 100 valence electrons. The largest absolute Gasteiger partial charge is 0.344 e. The quantitative estimate of drug-likeness (QED) is 0.668. The standard InChI is InChI=1S/C18H17NO/c1-13-4-3-5-15(10-13)6-7-16-11-17-18(20)14(2)8-9-19(17)12-16/h3-5,10-12,14H,8-9H2,1-2H3. The Labute approximate surface area is 119 Å². The van der Waals surface area contributed by atoms with Gasteiger partial charge < -0.3 is 4.57 Å². The van der Waals surface area contributed by atoms with Crippen molar-refractivity contribution in [3.63, 3.8) is 0 Å². The van der Waals surface area contributed by atoms with Crippen LogP contribution in [0.5, 0.6) is 0 Å². The molecule has 1 aromatic carbocycles. The van der Waals surface area contributed by atoms with E-state index in [0.29, 0.717) is 0 Å². The second-order valence-corrected chi connectivity index (χ2v) is 5.48. The molecule has 2 aromatic rings. The molecule has 0 aliphatic carbocycles. The van der Waals surface area contributed by atoms with Crippen molar-refractivity contribution in [1.29, 1.82) is 0 Å². The maximum absolute atomic E-state index is 12.1. The predicted molar refractivity (Wildman–Crippen MR) is 79.7 cm³/mol. The first-order valence-corrected chi connectivity index (χ1v) is 6.96. The van der Waals surface area contributed by atoms with Gasteiger partial charge in [-0.25, -0.2) is 0 Å². The van der Waals surface area contributed by atoms with Crippen LogP contribution < -0.4 is 0 Å². The maximum atomic E-state index is 12.1. The van der Waals surface area contributed by atoms with E-state index in [0.717, 1.165) is 29.8 Å². The summed E-state index contributed by atoms with van der Waals surface area (Å²) in [5.74, 6) is 6.69. The molecule has 0 spiro atoms. The lowest BCUT2D eigenvalue weighted by molar-refractivity contribution is 0.0891. The molecule has 1 aliphatic rings. The van der Waals surface area contributed by atoms with Crippen LogP contribution in [0.3, 0.4) is 0 Å². The molecule has 2 heteroatoms. The summed E-state index contributed by atoms with van der Waals surface area (Å²) in [5.41, 5.74) is 3.94. The minimum atomic E-state index is 0.134. The van der Waals surface area contributed by atoms with E-state index in [1.165, 1.54) is 5.56 Å². The third kappa shape index (κ3) is 2.40. The number of hydrogen-bond acceptors (Lipinski definition) is 1. The topological polar surface area (TPSA) is 22.0 Å². The highest BCUT2D eigenvalue weighted by Gasteiger charge is 2.24. The summed E-state index contributed by atoms with van der Waals surface area (Å²) in [6.07, 6.45) is 2.91. The van der Waals surface area contributed by atoms with Crippen LogP contribution in [0.4, 0.5) is 0 Å². The van der Waals surface area contributed by atoms with Gasteiger partial charge in [0.1, 0.15) is 0 Å². The second kappa shape index (κ2) is 5.02. The zero-order chi connectivity index (χ0) is 14.1. The lowest BCUT2D eigenvalue weighted by Crippen LogP contribution is -2.23. The van der Waals surface area contributed by atoms with Crippen molar-refractivity contribution in [3.05, 3.63) is 58.9 Å². The third-order valence-electron chi connectivity index (χ3n) is 3.77. The summed E-state index contributed by atoms with van der Waals surface area (Å²) < 4.78 is 2.03. The fourth-order valence-electron chi connectivity index (χ4n) is 2.55. The number of aromatic nitrogens is 1. The monoisotopic (exact) mass is 263 g/mol. The molecular formula is C18H17NO. The van der Waals surface area contributed by atoms with Gasteiger partial charge in [0.05, 0.1) is 5.69 Å². The first-order chi connectivity index (χ1) is 9.63. The van der Waals surface area contributed by atoms with E-state index in [4.69, 9.17) is 0 Å². The van der Waals surface area contributed by atoms with E-state index in [1.807, 2.05) is 35.9 Å². The van der Waals surface area contributed by atoms with Crippen LogP contribution >= 0.6 is 0 Å². The zero-order valence-electron chi connectivity index (χ0n) is 11.8. The van der Waals surface area contributed by atoms with E-state index in [-0.39, 0.29) is 11.7 Å². The van der Waals surface area contributed by atoms with Gasteiger partial charge in [-0.3, -0.25) is 4.79 Å². The van der Waals surface area contributed by atoms with Crippen molar-refractivity contribution in [2.75, 3.05) is 0 Å². The van der Waals surface area contributed by atoms with E-state index in [2.05, 4.69) is 30.9 Å². The van der Waals surface area contributed by atoms with Crippen molar-refractivity contribution in [3.8, 4) is 11.8 Å². The Morgan fingerprint density at radius 3 is 2.80 bits per heavy atom. The number of carbonyl (C=O) groups excluding carboxylic acids is 1. The Balaban J connectivity index is 1.91. The molecule has 0 amide bonds. The maximum Gasteiger partial charge on any atom is 0.182 e. The zero-order valence-corrected chi connectivity index (χ0v) is 11.8. The molecule has 2 heterocycles. The molecular weight excluding hydrogens is 246 g/mol. The van der Waals surface area contributed by atoms with Gasteiger partial charge >= 0.3 is 0 Å². The van der Waals surface area contributed by atoms with E-state index in [1.54, 1.807) is 0 Å². The average Bonchev–Trinajstić information content (AvgIpc) is 2.85. The van der Waals surface area contributed by atoms with Crippen molar-refractivity contribution < 1.29 is 4.79 Å². The summed E-state index contributed by atoms with van der Waals surface area (Å²) >= 11 is 0. The molecule has 0 radical (unpaired) electrons. The van der Waals surface area contributed by atoms with Crippen molar-refractivity contribution in [2.45, 2.75) is 26.8 Å². The lowest BCUT2D eigenvalue weighted by Gasteiger charge is -2.19. The number of ketones is 1. The SMILES string of the molecule is Cc1cccc(C#Cc2cc3n(c2)CCC(C)C3=O)c1. The molecule has 1 aliphatic heterocycles. The van der Waals surface area contributed by atoms with Gasteiger partial charge in [0.2, 0.25) is 0 Å². The molecule has 1 aromatic heterocycles. The predicted octanol–water partition coefficient (Wildman–Crippen LogP) is 3.42. The molecule has 1 atom stereocenters. The molecule has 3 rings (SSSR count). The highest BCUT2D eigenvalue weighted by atomic mass is 16.1. The number of aryl methyl sites for hydroxylation is 2. The normalized spacial score (nSPS) is 17.3. The molecule has 2 nitrogen and oxygen atoms in total. The van der Waals surface area contributed by atoms with Crippen LogP contribution in [-0.2, 0) is 6.54 Å². The van der Waals surface area contributed by atoms with Gasteiger partial charge in [0.25, 0.3) is 0 Å². The van der Waals surface area contributed by atoms with Crippen LogP contribution in [0.1, 0.15) is 40.5 Å². The van der Waals surface area contributed by atoms with Gasteiger partial charge in [-0.2, -0.15) is 0 Å². The number of carbonyl (C=O) groups is 1. The van der Waals surface area contributed by atoms with Gasteiger partial charge in [-0.1, -0.05) is 30.9 Å². The second-order valence-electron chi connectivity index (χ2n) is 5.48. The van der Waals surface area contributed by atoms with Crippen molar-refractivity contribution in [1.82, 2.24) is 4.57 Å². The van der Waals surface area contributed by atoms with Gasteiger partial charge in [0, 0.05) is 29.8 Å². The molecule has 0 saturated carbocycles. The number of nitrogens with zero attached hydrogens (tertiary/aromatic N) is 1. The molecule has 0 bridgehead atoms. The Kier molecular flexibility index (Phi) is 3.20. The molecule has 0 saturated heterocycles. The van der Waals surface area contributed by atoms with Gasteiger partial charge in [-0.05, 0) is 37.1 Å². The summed E-state index contributed by atoms with van der Waals surface area (Å²) in [7, 11) is 0. The Morgan fingerprint density at radius 1 is 1.20 bits per heavy atom.